The maximum Gasteiger partial charge on any atom is 0.259 e. The Morgan fingerprint density at radius 1 is 1.04 bits per heavy atom. The molecule has 0 aliphatic rings. The Balaban J connectivity index is 1.57. The zero-order valence-electron chi connectivity index (χ0n) is 12.4. The second-order valence-electron chi connectivity index (χ2n) is 4.95. The van der Waals surface area contributed by atoms with E-state index < -0.39 is 0 Å². The van der Waals surface area contributed by atoms with Crippen LogP contribution in [0, 0.1) is 0 Å². The molecule has 0 fully saturated rings. The van der Waals surface area contributed by atoms with Gasteiger partial charge in [0.15, 0.2) is 0 Å². The van der Waals surface area contributed by atoms with Crippen LogP contribution >= 0.6 is 0 Å². The summed E-state index contributed by atoms with van der Waals surface area (Å²) in [7, 11) is 0. The van der Waals surface area contributed by atoms with Crippen molar-refractivity contribution in [2.75, 3.05) is 11.9 Å². The summed E-state index contributed by atoms with van der Waals surface area (Å²) in [6.07, 6.45) is 4.92. The van der Waals surface area contributed by atoms with Crippen LogP contribution in [0.15, 0.2) is 72.1 Å². The number of benzene rings is 2. The Bertz CT molecular complexity index is 825. The SMILES string of the molecule is O=C(CNc1cccc2ccccc12)NN=Cc1ccncc1. The lowest BCUT2D eigenvalue weighted by Crippen LogP contribution is -2.25. The van der Waals surface area contributed by atoms with E-state index in [-0.39, 0.29) is 12.5 Å². The van der Waals surface area contributed by atoms with Gasteiger partial charge >= 0.3 is 0 Å². The highest BCUT2D eigenvalue weighted by atomic mass is 16.2. The van der Waals surface area contributed by atoms with Gasteiger partial charge in [0.2, 0.25) is 0 Å². The minimum atomic E-state index is -0.205. The van der Waals surface area contributed by atoms with E-state index in [2.05, 4.69) is 20.8 Å². The number of anilines is 1. The summed E-state index contributed by atoms with van der Waals surface area (Å²) in [6, 6.07) is 17.6. The van der Waals surface area contributed by atoms with Crippen molar-refractivity contribution in [3.63, 3.8) is 0 Å². The molecule has 0 radical (unpaired) electrons. The zero-order valence-corrected chi connectivity index (χ0v) is 12.4. The first-order valence-electron chi connectivity index (χ1n) is 7.26. The van der Waals surface area contributed by atoms with Gasteiger partial charge in [0.1, 0.15) is 0 Å². The molecule has 1 heterocycles. The molecule has 1 amide bonds. The highest BCUT2D eigenvalue weighted by molar-refractivity contribution is 5.95. The number of rotatable bonds is 5. The maximum absolute atomic E-state index is 11.8. The molecule has 5 nitrogen and oxygen atoms in total. The van der Waals surface area contributed by atoms with E-state index in [1.165, 1.54) is 0 Å². The molecule has 0 unspecified atom stereocenters. The van der Waals surface area contributed by atoms with Gasteiger partial charge in [-0.1, -0.05) is 36.4 Å². The first-order valence-corrected chi connectivity index (χ1v) is 7.26. The topological polar surface area (TPSA) is 66.4 Å². The summed E-state index contributed by atoms with van der Waals surface area (Å²) in [5.41, 5.74) is 4.30. The van der Waals surface area contributed by atoms with E-state index in [0.29, 0.717) is 0 Å². The molecule has 2 aromatic carbocycles. The summed E-state index contributed by atoms with van der Waals surface area (Å²) >= 11 is 0. The standard InChI is InChI=1S/C18H16N4O/c23-18(22-21-12-14-8-10-19-11-9-14)13-20-17-7-3-5-15-4-1-2-6-16(15)17/h1-12,20H,13H2,(H,22,23). The minimum absolute atomic E-state index is 0.154. The van der Waals surface area contributed by atoms with Crippen LogP contribution in [0.3, 0.4) is 0 Å². The van der Waals surface area contributed by atoms with Crippen LogP contribution in [0.1, 0.15) is 5.56 Å². The Kier molecular flexibility index (Phi) is 4.59. The molecule has 23 heavy (non-hydrogen) atoms. The largest absolute Gasteiger partial charge is 0.376 e. The van der Waals surface area contributed by atoms with E-state index >= 15 is 0 Å². The lowest BCUT2D eigenvalue weighted by molar-refractivity contribution is -0.119. The van der Waals surface area contributed by atoms with Gasteiger partial charge in [-0.05, 0) is 29.1 Å². The normalized spacial score (nSPS) is 10.8. The molecule has 2 N–H and O–H groups in total. The first kappa shape index (κ1) is 14.7. The molecule has 5 heteroatoms. The lowest BCUT2D eigenvalue weighted by atomic mass is 10.1. The number of hydrazone groups is 1. The van der Waals surface area contributed by atoms with E-state index in [1.54, 1.807) is 18.6 Å². The fourth-order valence-electron chi connectivity index (χ4n) is 2.22. The van der Waals surface area contributed by atoms with Crippen LogP contribution in [0.4, 0.5) is 5.69 Å². The Morgan fingerprint density at radius 3 is 2.70 bits per heavy atom. The Labute approximate surface area is 134 Å². The third kappa shape index (κ3) is 3.91. The molecule has 0 saturated carbocycles. The molecule has 3 rings (SSSR count). The van der Waals surface area contributed by atoms with Gasteiger partial charge < -0.3 is 5.32 Å². The molecule has 114 valence electrons. The lowest BCUT2D eigenvalue weighted by Gasteiger charge is -2.08. The van der Waals surface area contributed by atoms with Gasteiger partial charge in [0.25, 0.3) is 5.91 Å². The van der Waals surface area contributed by atoms with Crippen molar-refractivity contribution in [2.24, 2.45) is 5.10 Å². The number of fused-ring (bicyclic) bond motifs is 1. The summed E-state index contributed by atoms with van der Waals surface area (Å²) in [4.78, 5) is 15.8. The Hall–Kier alpha value is -3.21. The molecule has 0 aliphatic carbocycles. The molecule has 0 bridgehead atoms. The van der Waals surface area contributed by atoms with E-state index in [1.807, 2.05) is 54.6 Å². The average Bonchev–Trinajstić information content (AvgIpc) is 2.61. The highest BCUT2D eigenvalue weighted by Crippen LogP contribution is 2.22. The van der Waals surface area contributed by atoms with Crippen molar-refractivity contribution >= 4 is 28.6 Å². The highest BCUT2D eigenvalue weighted by Gasteiger charge is 2.02. The maximum atomic E-state index is 11.8. The average molecular weight is 304 g/mol. The summed E-state index contributed by atoms with van der Waals surface area (Å²) in [6.45, 7) is 0.154. The molecule has 3 aromatic rings. The molecule has 0 aliphatic heterocycles. The zero-order chi connectivity index (χ0) is 15.9. The molecular formula is C18H16N4O. The van der Waals surface area contributed by atoms with Gasteiger partial charge in [-0.25, -0.2) is 5.43 Å². The van der Waals surface area contributed by atoms with Crippen molar-refractivity contribution in [3.8, 4) is 0 Å². The molecule has 0 spiro atoms. The molecular weight excluding hydrogens is 288 g/mol. The third-order valence-corrected chi connectivity index (χ3v) is 3.34. The first-order chi connectivity index (χ1) is 11.3. The quantitative estimate of drug-likeness (QED) is 0.562. The van der Waals surface area contributed by atoms with Crippen molar-refractivity contribution < 1.29 is 4.79 Å². The van der Waals surface area contributed by atoms with E-state index in [4.69, 9.17) is 0 Å². The fraction of sp³-hybridized carbons (Fsp3) is 0.0556. The summed E-state index contributed by atoms with van der Waals surface area (Å²) in [5, 5.41) is 9.28. The number of pyridine rings is 1. The molecule has 1 aromatic heterocycles. The molecule has 0 saturated heterocycles. The summed E-state index contributed by atoms with van der Waals surface area (Å²) in [5.74, 6) is -0.205. The summed E-state index contributed by atoms with van der Waals surface area (Å²) < 4.78 is 0. The predicted molar refractivity (Wildman–Crippen MR) is 92.4 cm³/mol. The van der Waals surface area contributed by atoms with Crippen LogP contribution in [-0.2, 0) is 4.79 Å². The third-order valence-electron chi connectivity index (χ3n) is 3.34. The number of amides is 1. The van der Waals surface area contributed by atoms with Crippen LogP contribution in [0.2, 0.25) is 0 Å². The van der Waals surface area contributed by atoms with E-state index in [9.17, 15) is 4.79 Å². The van der Waals surface area contributed by atoms with Crippen molar-refractivity contribution in [1.29, 1.82) is 0 Å². The van der Waals surface area contributed by atoms with Crippen LogP contribution < -0.4 is 10.7 Å². The van der Waals surface area contributed by atoms with Gasteiger partial charge in [0.05, 0.1) is 12.8 Å². The van der Waals surface area contributed by atoms with Crippen molar-refractivity contribution in [1.82, 2.24) is 10.4 Å². The predicted octanol–water partition coefficient (Wildman–Crippen LogP) is 2.80. The van der Waals surface area contributed by atoms with Crippen LogP contribution in [0.5, 0.6) is 0 Å². The number of hydrogen-bond acceptors (Lipinski definition) is 4. The number of carbonyl (C=O) groups excluding carboxylic acids is 1. The van der Waals surface area contributed by atoms with Gasteiger partial charge in [-0.2, -0.15) is 5.10 Å². The van der Waals surface area contributed by atoms with Crippen molar-refractivity contribution in [2.45, 2.75) is 0 Å². The second-order valence-corrected chi connectivity index (χ2v) is 4.95. The van der Waals surface area contributed by atoms with Gasteiger partial charge in [0, 0.05) is 23.5 Å². The monoisotopic (exact) mass is 304 g/mol. The molecule has 0 atom stereocenters. The van der Waals surface area contributed by atoms with Crippen LogP contribution in [0.25, 0.3) is 10.8 Å². The fourth-order valence-corrected chi connectivity index (χ4v) is 2.22. The second kappa shape index (κ2) is 7.17. The smallest absolute Gasteiger partial charge is 0.259 e. The number of aromatic nitrogens is 1. The van der Waals surface area contributed by atoms with Crippen LogP contribution in [-0.4, -0.2) is 23.7 Å². The number of nitrogens with one attached hydrogen (secondary N) is 2. The van der Waals surface area contributed by atoms with Crippen molar-refractivity contribution in [3.05, 3.63) is 72.6 Å². The van der Waals surface area contributed by atoms with Gasteiger partial charge in [-0.15, -0.1) is 0 Å². The van der Waals surface area contributed by atoms with E-state index in [0.717, 1.165) is 22.0 Å². The van der Waals surface area contributed by atoms with Gasteiger partial charge in [-0.3, -0.25) is 9.78 Å². The number of hydrogen-bond donors (Lipinski definition) is 2. The Morgan fingerprint density at radius 2 is 1.83 bits per heavy atom. The minimum Gasteiger partial charge on any atom is -0.376 e. The number of nitrogens with zero attached hydrogens (tertiary/aromatic N) is 2. The number of carbonyl (C=O) groups is 1.